The molecule has 0 radical (unpaired) electrons. The predicted molar refractivity (Wildman–Crippen MR) is 51.2 cm³/mol. The zero-order chi connectivity index (χ0) is 9.94. The van der Waals surface area contributed by atoms with E-state index in [-0.39, 0.29) is 6.03 Å². The van der Waals surface area contributed by atoms with Gasteiger partial charge in [0.1, 0.15) is 0 Å². The van der Waals surface area contributed by atoms with Crippen LogP contribution in [0.25, 0.3) is 0 Å². The summed E-state index contributed by atoms with van der Waals surface area (Å²) in [7, 11) is 0. The molecule has 2 N–H and O–H groups in total. The van der Waals surface area contributed by atoms with Gasteiger partial charge in [-0.05, 0) is 12.8 Å². The second kappa shape index (κ2) is 8.85. The monoisotopic (exact) mass is 183 g/mol. The van der Waals surface area contributed by atoms with Gasteiger partial charge in [-0.1, -0.05) is 13.3 Å². The van der Waals surface area contributed by atoms with Gasteiger partial charge in [-0.3, -0.25) is 0 Å². The second-order valence-corrected chi connectivity index (χ2v) is 2.80. The van der Waals surface area contributed by atoms with Crippen LogP contribution < -0.4 is 10.6 Å². The summed E-state index contributed by atoms with van der Waals surface area (Å²) in [5, 5.41) is 13.6. The van der Waals surface area contributed by atoms with Crippen LogP contribution in [0.15, 0.2) is 0 Å². The maximum atomic E-state index is 11.0. The van der Waals surface area contributed by atoms with E-state index < -0.39 is 0 Å². The molecule has 0 atom stereocenters. The minimum atomic E-state index is -0.133. The second-order valence-electron chi connectivity index (χ2n) is 2.80. The number of hydrogen-bond acceptors (Lipinski definition) is 2. The number of hydrogen-bond donors (Lipinski definition) is 2. The third kappa shape index (κ3) is 8.67. The Bertz CT molecular complexity index is 174. The molecule has 0 unspecified atom stereocenters. The summed E-state index contributed by atoms with van der Waals surface area (Å²) < 4.78 is 0. The number of nitrogens with zero attached hydrogens (tertiary/aromatic N) is 1. The number of carbonyl (C=O) groups is 1. The lowest BCUT2D eigenvalue weighted by molar-refractivity contribution is 0.240. The van der Waals surface area contributed by atoms with Crippen LogP contribution in [0, 0.1) is 11.3 Å². The number of nitriles is 1. The third-order valence-electron chi connectivity index (χ3n) is 1.57. The van der Waals surface area contributed by atoms with E-state index in [4.69, 9.17) is 5.26 Å². The number of rotatable bonds is 6. The van der Waals surface area contributed by atoms with Crippen molar-refractivity contribution in [3.05, 3.63) is 0 Å². The van der Waals surface area contributed by atoms with Crippen molar-refractivity contribution in [3.8, 4) is 6.07 Å². The first-order valence-electron chi connectivity index (χ1n) is 4.70. The van der Waals surface area contributed by atoms with Crippen molar-refractivity contribution in [3.63, 3.8) is 0 Å². The van der Waals surface area contributed by atoms with Crippen LogP contribution in [0.3, 0.4) is 0 Å². The lowest BCUT2D eigenvalue weighted by Gasteiger charge is -2.05. The van der Waals surface area contributed by atoms with E-state index in [2.05, 4.69) is 17.6 Å². The Balaban J connectivity index is 3.16. The minimum Gasteiger partial charge on any atom is -0.338 e. The van der Waals surface area contributed by atoms with Crippen LogP contribution >= 0.6 is 0 Å². The lowest BCUT2D eigenvalue weighted by atomic mass is 10.3. The van der Waals surface area contributed by atoms with Crippen LogP contribution in [0.4, 0.5) is 4.79 Å². The van der Waals surface area contributed by atoms with Crippen molar-refractivity contribution in [2.24, 2.45) is 0 Å². The summed E-state index contributed by atoms with van der Waals surface area (Å²) >= 11 is 0. The molecule has 0 aromatic heterocycles. The highest BCUT2D eigenvalue weighted by molar-refractivity contribution is 5.73. The fourth-order valence-electron chi connectivity index (χ4n) is 0.811. The quantitative estimate of drug-likeness (QED) is 0.611. The fraction of sp³-hybridized carbons (Fsp3) is 0.778. The van der Waals surface area contributed by atoms with E-state index in [1.807, 2.05) is 6.07 Å². The van der Waals surface area contributed by atoms with Gasteiger partial charge in [-0.25, -0.2) is 4.79 Å². The Kier molecular flexibility index (Phi) is 8.01. The molecule has 0 aliphatic carbocycles. The molecule has 0 rings (SSSR count). The molecule has 0 saturated heterocycles. The highest BCUT2D eigenvalue weighted by atomic mass is 16.2. The average Bonchev–Trinajstić information content (AvgIpc) is 2.13. The first-order chi connectivity index (χ1) is 6.31. The SMILES string of the molecule is CCCCNC(=O)NCCCC#N. The van der Waals surface area contributed by atoms with Crippen molar-refractivity contribution in [1.82, 2.24) is 10.6 Å². The lowest BCUT2D eigenvalue weighted by Crippen LogP contribution is -2.36. The molecule has 0 spiro atoms. The van der Waals surface area contributed by atoms with Gasteiger partial charge in [0.15, 0.2) is 0 Å². The average molecular weight is 183 g/mol. The molecule has 0 heterocycles. The summed E-state index contributed by atoms with van der Waals surface area (Å²) in [5.41, 5.74) is 0. The van der Waals surface area contributed by atoms with Crippen molar-refractivity contribution in [2.45, 2.75) is 32.6 Å². The van der Waals surface area contributed by atoms with Crippen molar-refractivity contribution >= 4 is 6.03 Å². The summed E-state index contributed by atoms with van der Waals surface area (Å²) in [4.78, 5) is 11.0. The Morgan fingerprint density at radius 1 is 1.31 bits per heavy atom. The summed E-state index contributed by atoms with van der Waals surface area (Å²) in [6.45, 7) is 3.37. The summed E-state index contributed by atoms with van der Waals surface area (Å²) in [6, 6.07) is 1.89. The maximum absolute atomic E-state index is 11.0. The van der Waals surface area contributed by atoms with Gasteiger partial charge in [0.05, 0.1) is 6.07 Å². The molecule has 2 amide bonds. The number of carbonyl (C=O) groups excluding carboxylic acids is 1. The van der Waals surface area contributed by atoms with Crippen molar-refractivity contribution in [1.29, 1.82) is 5.26 Å². The van der Waals surface area contributed by atoms with Crippen LogP contribution in [-0.2, 0) is 0 Å². The van der Waals surface area contributed by atoms with E-state index in [1.165, 1.54) is 0 Å². The van der Waals surface area contributed by atoms with Crippen LogP contribution in [0.2, 0.25) is 0 Å². The van der Waals surface area contributed by atoms with Gasteiger partial charge in [0.25, 0.3) is 0 Å². The predicted octanol–water partition coefficient (Wildman–Crippen LogP) is 1.39. The Morgan fingerprint density at radius 2 is 1.92 bits per heavy atom. The topological polar surface area (TPSA) is 64.9 Å². The Morgan fingerprint density at radius 3 is 2.46 bits per heavy atom. The van der Waals surface area contributed by atoms with Crippen LogP contribution in [0.1, 0.15) is 32.6 Å². The number of amides is 2. The smallest absolute Gasteiger partial charge is 0.314 e. The summed E-state index contributed by atoms with van der Waals surface area (Å²) in [5.74, 6) is 0. The van der Waals surface area contributed by atoms with Gasteiger partial charge in [0.2, 0.25) is 0 Å². The molecule has 0 aromatic carbocycles. The van der Waals surface area contributed by atoms with Gasteiger partial charge in [0, 0.05) is 19.5 Å². The van der Waals surface area contributed by atoms with Gasteiger partial charge >= 0.3 is 6.03 Å². The Labute approximate surface area is 79.3 Å². The van der Waals surface area contributed by atoms with Gasteiger partial charge in [-0.15, -0.1) is 0 Å². The third-order valence-corrected chi connectivity index (χ3v) is 1.57. The standard InChI is InChI=1S/C9H17N3O/c1-2-3-7-11-9(13)12-8-5-4-6-10/h2-5,7-8H2,1H3,(H2,11,12,13). The molecule has 4 heteroatoms. The first-order valence-corrected chi connectivity index (χ1v) is 4.70. The van der Waals surface area contributed by atoms with Gasteiger partial charge in [-0.2, -0.15) is 5.26 Å². The van der Waals surface area contributed by atoms with Crippen LogP contribution in [-0.4, -0.2) is 19.1 Å². The van der Waals surface area contributed by atoms with Crippen molar-refractivity contribution in [2.75, 3.05) is 13.1 Å². The molecule has 4 nitrogen and oxygen atoms in total. The molecule has 13 heavy (non-hydrogen) atoms. The Hall–Kier alpha value is -1.24. The molecule has 0 aliphatic rings. The number of urea groups is 1. The maximum Gasteiger partial charge on any atom is 0.314 e. The molecule has 74 valence electrons. The molecule has 0 aromatic rings. The fourth-order valence-corrected chi connectivity index (χ4v) is 0.811. The number of nitrogens with one attached hydrogen (secondary N) is 2. The molecular weight excluding hydrogens is 166 g/mol. The van der Waals surface area contributed by atoms with E-state index in [9.17, 15) is 4.79 Å². The van der Waals surface area contributed by atoms with Gasteiger partial charge < -0.3 is 10.6 Å². The largest absolute Gasteiger partial charge is 0.338 e. The normalized spacial score (nSPS) is 8.92. The molecule has 0 saturated carbocycles. The number of unbranched alkanes of at least 4 members (excludes halogenated alkanes) is 2. The van der Waals surface area contributed by atoms with Crippen LogP contribution in [0.5, 0.6) is 0 Å². The van der Waals surface area contributed by atoms with E-state index in [0.29, 0.717) is 13.0 Å². The molecule has 0 fully saturated rings. The highest BCUT2D eigenvalue weighted by Gasteiger charge is 1.96. The minimum absolute atomic E-state index is 0.133. The molecule has 0 bridgehead atoms. The zero-order valence-electron chi connectivity index (χ0n) is 8.10. The highest BCUT2D eigenvalue weighted by Crippen LogP contribution is 1.84. The zero-order valence-corrected chi connectivity index (χ0v) is 8.10. The van der Waals surface area contributed by atoms with E-state index >= 15 is 0 Å². The van der Waals surface area contributed by atoms with E-state index in [0.717, 1.165) is 25.8 Å². The summed E-state index contributed by atoms with van der Waals surface area (Å²) in [6.07, 6.45) is 3.30. The van der Waals surface area contributed by atoms with E-state index in [1.54, 1.807) is 0 Å². The molecule has 0 aliphatic heterocycles. The molecular formula is C9H17N3O. The first kappa shape index (κ1) is 11.8. The van der Waals surface area contributed by atoms with Crippen molar-refractivity contribution < 1.29 is 4.79 Å².